The van der Waals surface area contributed by atoms with Crippen molar-refractivity contribution in [1.29, 1.82) is 0 Å². The summed E-state index contributed by atoms with van der Waals surface area (Å²) in [5.74, 6) is 0.847. The number of carbonyl (C=O) groups is 1. The fourth-order valence-corrected chi connectivity index (χ4v) is 3.63. The van der Waals surface area contributed by atoms with Crippen LogP contribution in [0, 0.1) is 6.92 Å². The third-order valence-corrected chi connectivity index (χ3v) is 4.89. The van der Waals surface area contributed by atoms with Crippen LogP contribution in [0.1, 0.15) is 5.56 Å². The number of nitrogen functional groups attached to an aromatic ring is 1. The molecule has 0 aliphatic heterocycles. The molecular formula is C20H20N4O4S. The highest BCUT2D eigenvalue weighted by Gasteiger charge is 2.12. The first-order chi connectivity index (χ1) is 13.9. The van der Waals surface area contributed by atoms with Gasteiger partial charge in [0.2, 0.25) is 5.95 Å². The van der Waals surface area contributed by atoms with Gasteiger partial charge in [-0.15, -0.1) is 0 Å². The van der Waals surface area contributed by atoms with Crippen molar-refractivity contribution in [2.24, 2.45) is 5.73 Å². The number of carbonyl (C=O) groups excluding carboxylic acids is 1. The van der Waals surface area contributed by atoms with Crippen LogP contribution in [0.15, 0.2) is 52.4 Å². The predicted octanol–water partition coefficient (Wildman–Crippen LogP) is 2.76. The van der Waals surface area contributed by atoms with Crippen molar-refractivity contribution in [3.8, 4) is 28.5 Å². The van der Waals surface area contributed by atoms with E-state index in [2.05, 4.69) is 9.97 Å². The van der Waals surface area contributed by atoms with Gasteiger partial charge in [0, 0.05) is 5.56 Å². The number of aromatic hydroxyl groups is 1. The molecule has 1 heterocycles. The Kier molecular flexibility index (Phi) is 6.08. The van der Waals surface area contributed by atoms with Crippen molar-refractivity contribution >= 4 is 23.6 Å². The van der Waals surface area contributed by atoms with Gasteiger partial charge in [-0.05, 0) is 55.0 Å². The van der Waals surface area contributed by atoms with Crippen molar-refractivity contribution < 1.29 is 19.4 Å². The number of anilines is 1. The number of aryl methyl sites for hydroxylation is 1. The van der Waals surface area contributed by atoms with Gasteiger partial charge in [-0.25, -0.2) is 9.97 Å². The van der Waals surface area contributed by atoms with Gasteiger partial charge < -0.3 is 26.0 Å². The molecule has 5 N–H and O–H groups in total. The molecule has 0 radical (unpaired) electrons. The Balaban J connectivity index is 1.92. The Bertz CT molecular complexity index is 1060. The van der Waals surface area contributed by atoms with Crippen LogP contribution in [-0.2, 0) is 4.79 Å². The smallest absolute Gasteiger partial charge is 0.255 e. The fraction of sp³-hybridized carbons (Fsp3) is 0.150. The molecule has 3 aromatic rings. The van der Waals surface area contributed by atoms with Gasteiger partial charge in [0.25, 0.3) is 5.91 Å². The van der Waals surface area contributed by atoms with Crippen LogP contribution in [-0.4, -0.2) is 34.7 Å². The fourth-order valence-electron chi connectivity index (χ4n) is 2.66. The maximum Gasteiger partial charge on any atom is 0.255 e. The molecule has 29 heavy (non-hydrogen) atoms. The summed E-state index contributed by atoms with van der Waals surface area (Å²) in [5.41, 5.74) is 13.4. The first kappa shape index (κ1) is 20.3. The van der Waals surface area contributed by atoms with E-state index in [0.29, 0.717) is 27.1 Å². The molecule has 0 spiro atoms. The molecule has 0 aliphatic rings. The highest BCUT2D eigenvalue weighted by atomic mass is 32.2. The largest absolute Gasteiger partial charge is 0.508 e. The quantitative estimate of drug-likeness (QED) is 0.504. The predicted molar refractivity (Wildman–Crippen MR) is 110 cm³/mol. The second kappa shape index (κ2) is 8.70. The molecule has 8 nitrogen and oxygen atoms in total. The number of phenolic OH excluding ortho intramolecular Hbond substituents is 1. The van der Waals surface area contributed by atoms with E-state index in [0.717, 1.165) is 11.1 Å². The summed E-state index contributed by atoms with van der Waals surface area (Å²) in [6, 6.07) is 12.0. The molecule has 0 unspecified atom stereocenters. The molecule has 0 saturated carbocycles. The Hall–Kier alpha value is -3.46. The van der Waals surface area contributed by atoms with Crippen LogP contribution in [0.25, 0.3) is 11.3 Å². The summed E-state index contributed by atoms with van der Waals surface area (Å²) in [7, 11) is 1.56. The lowest BCUT2D eigenvalue weighted by Crippen LogP contribution is -2.20. The molecular weight excluding hydrogens is 392 g/mol. The molecule has 0 aliphatic carbocycles. The van der Waals surface area contributed by atoms with Gasteiger partial charge >= 0.3 is 0 Å². The molecule has 3 rings (SSSR count). The van der Waals surface area contributed by atoms with Crippen LogP contribution in [0.5, 0.6) is 17.2 Å². The van der Waals surface area contributed by atoms with E-state index in [9.17, 15) is 9.90 Å². The summed E-state index contributed by atoms with van der Waals surface area (Å²) in [5, 5.41) is 10.4. The second-order valence-electron chi connectivity index (χ2n) is 6.12. The van der Waals surface area contributed by atoms with Crippen LogP contribution in [0.4, 0.5) is 5.95 Å². The number of benzene rings is 2. The lowest BCUT2D eigenvalue weighted by molar-refractivity contribution is -0.119. The number of ether oxygens (including phenoxy) is 2. The maximum absolute atomic E-state index is 10.9. The maximum atomic E-state index is 10.9. The molecule has 0 atom stereocenters. The van der Waals surface area contributed by atoms with Crippen molar-refractivity contribution in [2.45, 2.75) is 16.8 Å². The SMILES string of the molecule is COc1ccc(O)cc1Sc1cc(-c2ccc(OCC(N)=O)cc2C)nc(N)n1. The lowest BCUT2D eigenvalue weighted by Gasteiger charge is -2.12. The minimum absolute atomic E-state index is 0.123. The average Bonchev–Trinajstić information content (AvgIpc) is 2.66. The van der Waals surface area contributed by atoms with Gasteiger partial charge in [-0.2, -0.15) is 0 Å². The number of hydrogen-bond acceptors (Lipinski definition) is 8. The Morgan fingerprint density at radius 3 is 2.66 bits per heavy atom. The molecule has 150 valence electrons. The molecule has 0 fully saturated rings. The van der Waals surface area contributed by atoms with E-state index in [-0.39, 0.29) is 18.3 Å². The van der Waals surface area contributed by atoms with Crippen molar-refractivity contribution in [2.75, 3.05) is 19.5 Å². The van der Waals surface area contributed by atoms with Gasteiger partial charge in [0.1, 0.15) is 22.3 Å². The number of nitrogens with zero attached hydrogens (tertiary/aromatic N) is 2. The third-order valence-electron chi connectivity index (χ3n) is 3.94. The molecule has 9 heteroatoms. The first-order valence-corrected chi connectivity index (χ1v) is 9.39. The standard InChI is InChI=1S/C20H20N4O4S/c1-11-7-13(28-10-18(21)26)4-5-14(11)15-9-19(24-20(22)23-15)29-17-8-12(25)3-6-16(17)27-2/h3-9,25H,10H2,1-2H3,(H2,21,26)(H2,22,23,24). The molecule has 0 saturated heterocycles. The second-order valence-corrected chi connectivity index (χ2v) is 7.18. The zero-order valence-corrected chi connectivity index (χ0v) is 16.7. The number of aromatic nitrogens is 2. The third kappa shape index (κ3) is 5.08. The van der Waals surface area contributed by atoms with E-state index in [4.69, 9.17) is 20.9 Å². The van der Waals surface area contributed by atoms with Gasteiger partial charge in [0.15, 0.2) is 6.61 Å². The molecule has 1 amide bonds. The first-order valence-electron chi connectivity index (χ1n) is 8.57. The topological polar surface area (TPSA) is 134 Å². The lowest BCUT2D eigenvalue weighted by atomic mass is 10.1. The molecule has 1 aromatic heterocycles. The van der Waals surface area contributed by atoms with Gasteiger partial charge in [0.05, 0.1) is 17.7 Å². The summed E-state index contributed by atoms with van der Waals surface area (Å²) < 4.78 is 10.7. The van der Waals surface area contributed by atoms with E-state index in [1.165, 1.54) is 11.8 Å². The Labute approximate surface area is 171 Å². The van der Waals surface area contributed by atoms with E-state index < -0.39 is 5.91 Å². The van der Waals surface area contributed by atoms with Crippen molar-refractivity contribution in [3.63, 3.8) is 0 Å². The summed E-state index contributed by atoms with van der Waals surface area (Å²) in [6.07, 6.45) is 0. The van der Waals surface area contributed by atoms with Crippen LogP contribution in [0.3, 0.4) is 0 Å². The molecule has 0 bridgehead atoms. The normalized spacial score (nSPS) is 10.6. The minimum Gasteiger partial charge on any atom is -0.508 e. The van der Waals surface area contributed by atoms with Crippen LogP contribution >= 0.6 is 11.8 Å². The molecule has 2 aromatic carbocycles. The Morgan fingerprint density at radius 2 is 1.97 bits per heavy atom. The number of rotatable bonds is 7. The zero-order valence-electron chi connectivity index (χ0n) is 15.9. The van der Waals surface area contributed by atoms with Crippen molar-refractivity contribution in [1.82, 2.24) is 9.97 Å². The monoisotopic (exact) mass is 412 g/mol. The Morgan fingerprint density at radius 1 is 1.17 bits per heavy atom. The number of phenols is 1. The highest BCUT2D eigenvalue weighted by molar-refractivity contribution is 7.99. The van der Waals surface area contributed by atoms with E-state index >= 15 is 0 Å². The summed E-state index contributed by atoms with van der Waals surface area (Å²) in [6.45, 7) is 1.71. The van der Waals surface area contributed by atoms with Gasteiger partial charge in [-0.1, -0.05) is 11.8 Å². The average molecular weight is 412 g/mol. The number of nitrogens with two attached hydrogens (primary N) is 2. The van der Waals surface area contributed by atoms with E-state index in [1.807, 2.05) is 13.0 Å². The number of methoxy groups -OCH3 is 1. The summed E-state index contributed by atoms with van der Waals surface area (Å²) in [4.78, 5) is 20.2. The highest BCUT2D eigenvalue weighted by Crippen LogP contribution is 2.38. The minimum atomic E-state index is -0.542. The zero-order chi connectivity index (χ0) is 21.0. The van der Waals surface area contributed by atoms with Gasteiger partial charge in [-0.3, -0.25) is 4.79 Å². The number of primary amides is 1. The van der Waals surface area contributed by atoms with Crippen molar-refractivity contribution in [3.05, 3.63) is 48.0 Å². The summed E-state index contributed by atoms with van der Waals surface area (Å²) >= 11 is 1.30. The number of amides is 1. The number of hydrogen-bond donors (Lipinski definition) is 3. The van der Waals surface area contributed by atoms with Crippen LogP contribution < -0.4 is 20.9 Å². The van der Waals surface area contributed by atoms with E-state index in [1.54, 1.807) is 43.5 Å². The van der Waals surface area contributed by atoms with Crippen LogP contribution in [0.2, 0.25) is 0 Å².